The lowest BCUT2D eigenvalue weighted by Crippen LogP contribution is -2.32. The Morgan fingerprint density at radius 2 is 1.83 bits per heavy atom. The second-order valence-corrected chi connectivity index (χ2v) is 9.62. The molecule has 0 fully saturated rings. The Balaban J connectivity index is 2.61. The van der Waals surface area contributed by atoms with Crippen LogP contribution in [-0.2, 0) is 9.84 Å². The normalized spacial score (nSPS) is 14.6. The first kappa shape index (κ1) is 19.5. The van der Waals surface area contributed by atoms with E-state index in [4.69, 9.17) is 5.73 Å². The van der Waals surface area contributed by atoms with E-state index in [0.717, 1.165) is 12.1 Å². The van der Waals surface area contributed by atoms with Crippen LogP contribution in [0, 0.1) is 0 Å². The fourth-order valence-corrected chi connectivity index (χ4v) is 2.85. The summed E-state index contributed by atoms with van der Waals surface area (Å²) < 4.78 is 23.2. The minimum absolute atomic E-state index is 0.00810. The number of hydrogen-bond acceptors (Lipinski definition) is 3. The number of nitrogens with zero attached hydrogens (tertiary/aromatic N) is 1. The summed E-state index contributed by atoms with van der Waals surface area (Å²) in [4.78, 5) is 4.10. The molecule has 6 heteroatoms. The van der Waals surface area contributed by atoms with Crippen molar-refractivity contribution in [3.05, 3.63) is 29.8 Å². The van der Waals surface area contributed by atoms with Crippen molar-refractivity contribution in [1.29, 1.82) is 0 Å². The van der Waals surface area contributed by atoms with Gasteiger partial charge < -0.3 is 11.1 Å². The van der Waals surface area contributed by atoms with E-state index in [1.165, 1.54) is 5.56 Å². The summed E-state index contributed by atoms with van der Waals surface area (Å²) in [6.07, 6.45) is 1.10. The molecule has 1 atom stereocenters. The van der Waals surface area contributed by atoms with E-state index in [-0.39, 0.29) is 18.3 Å². The largest absolute Gasteiger partial charge is 0.370 e. The van der Waals surface area contributed by atoms with Crippen LogP contribution in [0.5, 0.6) is 0 Å². The van der Waals surface area contributed by atoms with E-state index in [1.54, 1.807) is 20.8 Å². The summed E-state index contributed by atoms with van der Waals surface area (Å²) in [5.74, 6) is 0.745. The van der Waals surface area contributed by atoms with E-state index in [9.17, 15) is 8.42 Å². The van der Waals surface area contributed by atoms with Gasteiger partial charge in [0.25, 0.3) is 0 Å². The van der Waals surface area contributed by atoms with Crippen molar-refractivity contribution in [1.82, 2.24) is 0 Å². The topological polar surface area (TPSA) is 84.5 Å². The van der Waals surface area contributed by atoms with Gasteiger partial charge in [-0.15, -0.1) is 0 Å². The Labute approximate surface area is 140 Å². The molecule has 0 amide bonds. The fraction of sp³-hybridized carbons (Fsp3) is 0.588. The first-order chi connectivity index (χ1) is 10.6. The van der Waals surface area contributed by atoms with Gasteiger partial charge in [-0.3, -0.25) is 4.99 Å². The number of guanidine groups is 1. The molecule has 0 aliphatic carbocycles. The average Bonchev–Trinajstić information content (AvgIpc) is 2.45. The number of aliphatic imine (C=N–C) groups is 1. The Hall–Kier alpha value is -1.56. The highest BCUT2D eigenvalue weighted by Crippen LogP contribution is 2.20. The molecule has 1 aromatic rings. The van der Waals surface area contributed by atoms with E-state index < -0.39 is 14.6 Å². The third-order valence-electron chi connectivity index (χ3n) is 3.94. The monoisotopic (exact) mass is 339 g/mol. The summed E-state index contributed by atoms with van der Waals surface area (Å²) >= 11 is 0. The van der Waals surface area contributed by atoms with Crippen LogP contribution in [-0.4, -0.2) is 31.4 Å². The van der Waals surface area contributed by atoms with Gasteiger partial charge in [-0.1, -0.05) is 26.0 Å². The third-order valence-corrected chi connectivity index (χ3v) is 6.53. The van der Waals surface area contributed by atoms with Gasteiger partial charge in [0, 0.05) is 5.69 Å². The second kappa shape index (κ2) is 7.81. The first-order valence-electron chi connectivity index (χ1n) is 7.96. The van der Waals surface area contributed by atoms with Gasteiger partial charge in [0.2, 0.25) is 0 Å². The lowest BCUT2D eigenvalue weighted by atomic mass is 9.99. The van der Waals surface area contributed by atoms with Gasteiger partial charge in [-0.2, -0.15) is 0 Å². The Bertz CT molecular complexity index is 629. The smallest absolute Gasteiger partial charge is 0.193 e. The Morgan fingerprint density at radius 1 is 1.26 bits per heavy atom. The molecule has 0 aliphatic rings. The number of sulfone groups is 1. The highest BCUT2D eigenvalue weighted by molar-refractivity contribution is 7.92. The summed E-state index contributed by atoms with van der Waals surface area (Å²) in [5.41, 5.74) is 7.94. The lowest BCUT2D eigenvalue weighted by Gasteiger charge is -2.18. The second-order valence-electron chi connectivity index (χ2n) is 6.75. The van der Waals surface area contributed by atoms with Crippen LogP contribution >= 0.6 is 0 Å². The van der Waals surface area contributed by atoms with Crippen LogP contribution < -0.4 is 11.1 Å². The van der Waals surface area contributed by atoms with Crippen molar-refractivity contribution in [2.45, 2.75) is 51.7 Å². The van der Waals surface area contributed by atoms with E-state index >= 15 is 0 Å². The van der Waals surface area contributed by atoms with Crippen LogP contribution in [0.1, 0.15) is 52.5 Å². The van der Waals surface area contributed by atoms with Crippen molar-refractivity contribution in [2.24, 2.45) is 10.7 Å². The summed E-state index contributed by atoms with van der Waals surface area (Å²) in [6, 6.07) is 8.03. The van der Waals surface area contributed by atoms with Crippen molar-refractivity contribution < 1.29 is 8.42 Å². The molecule has 0 saturated carbocycles. The zero-order chi connectivity index (χ0) is 17.7. The van der Waals surface area contributed by atoms with Gasteiger partial charge in [0.05, 0.1) is 17.0 Å². The Morgan fingerprint density at radius 3 is 2.30 bits per heavy atom. The number of anilines is 1. The molecule has 1 unspecified atom stereocenters. The van der Waals surface area contributed by atoms with E-state index in [1.807, 2.05) is 12.1 Å². The van der Waals surface area contributed by atoms with Crippen molar-refractivity contribution in [2.75, 3.05) is 17.6 Å². The zero-order valence-corrected chi connectivity index (χ0v) is 15.6. The fourth-order valence-electron chi connectivity index (χ4n) is 1.91. The van der Waals surface area contributed by atoms with Crippen molar-refractivity contribution in [3.63, 3.8) is 0 Å². The van der Waals surface area contributed by atoms with Gasteiger partial charge in [0.1, 0.15) is 0 Å². The predicted octanol–water partition coefficient (Wildman–Crippen LogP) is 3.14. The van der Waals surface area contributed by atoms with Crippen LogP contribution in [0.15, 0.2) is 29.3 Å². The van der Waals surface area contributed by atoms with Crippen molar-refractivity contribution in [3.8, 4) is 0 Å². The minimum atomic E-state index is -3.17. The molecule has 1 rings (SSSR count). The summed E-state index contributed by atoms with van der Waals surface area (Å²) in [5, 5.41) is 2.98. The standard InChI is InChI=1S/C17H29N3O2S/c1-6-13(2)14-7-9-15(10-8-14)20-16(18)19-11-12-23(21,22)17(3,4)5/h7-10,13H,6,11-12H2,1-5H3,(H3,18,19,20). The molecule has 0 bridgehead atoms. The predicted molar refractivity (Wildman–Crippen MR) is 98.8 cm³/mol. The van der Waals surface area contributed by atoms with Gasteiger partial charge >= 0.3 is 0 Å². The molecular weight excluding hydrogens is 310 g/mol. The number of nitrogens with two attached hydrogens (primary N) is 1. The van der Waals surface area contributed by atoms with Crippen LogP contribution in [0.4, 0.5) is 5.69 Å². The zero-order valence-electron chi connectivity index (χ0n) is 14.8. The average molecular weight is 340 g/mol. The van der Waals surface area contributed by atoms with E-state index in [2.05, 4.69) is 36.3 Å². The highest BCUT2D eigenvalue weighted by Gasteiger charge is 2.28. The molecule has 0 aliphatic heterocycles. The molecule has 3 N–H and O–H groups in total. The molecule has 0 radical (unpaired) electrons. The van der Waals surface area contributed by atoms with Gasteiger partial charge in [0.15, 0.2) is 15.8 Å². The Kier molecular flexibility index (Phi) is 6.62. The van der Waals surface area contributed by atoms with E-state index in [0.29, 0.717) is 5.92 Å². The molecule has 130 valence electrons. The molecule has 0 heterocycles. The maximum atomic E-state index is 12.0. The third kappa shape index (κ3) is 5.86. The molecule has 0 saturated heterocycles. The summed E-state index contributed by atoms with van der Waals surface area (Å²) in [6.45, 7) is 9.57. The maximum Gasteiger partial charge on any atom is 0.193 e. The van der Waals surface area contributed by atoms with Gasteiger partial charge in [-0.25, -0.2) is 8.42 Å². The SMILES string of the molecule is CCC(C)c1ccc(NC(N)=NCCS(=O)(=O)C(C)(C)C)cc1. The number of nitrogens with one attached hydrogen (secondary N) is 1. The van der Waals surface area contributed by atoms with Crippen LogP contribution in [0.3, 0.4) is 0 Å². The molecule has 5 nitrogen and oxygen atoms in total. The highest BCUT2D eigenvalue weighted by atomic mass is 32.2. The number of rotatable bonds is 6. The molecule has 23 heavy (non-hydrogen) atoms. The molecular formula is C17H29N3O2S. The molecule has 0 aromatic heterocycles. The number of hydrogen-bond donors (Lipinski definition) is 2. The lowest BCUT2D eigenvalue weighted by molar-refractivity contribution is 0.560. The van der Waals surface area contributed by atoms with Crippen LogP contribution in [0.2, 0.25) is 0 Å². The van der Waals surface area contributed by atoms with Crippen molar-refractivity contribution >= 4 is 21.5 Å². The molecule has 0 spiro atoms. The van der Waals surface area contributed by atoms with Gasteiger partial charge in [-0.05, 0) is 50.8 Å². The first-order valence-corrected chi connectivity index (χ1v) is 9.61. The number of benzene rings is 1. The quantitative estimate of drug-likeness (QED) is 0.616. The van der Waals surface area contributed by atoms with Crippen LogP contribution in [0.25, 0.3) is 0 Å². The maximum absolute atomic E-state index is 12.0. The summed E-state index contributed by atoms with van der Waals surface area (Å²) in [7, 11) is -3.17. The molecule has 1 aromatic carbocycles. The minimum Gasteiger partial charge on any atom is -0.370 e.